The SMILES string of the molecule is O=C1[CH]N=NS1. The van der Waals surface area contributed by atoms with Crippen molar-refractivity contribution in [2.45, 2.75) is 0 Å². The van der Waals surface area contributed by atoms with E-state index < -0.39 is 0 Å². The van der Waals surface area contributed by atoms with Crippen LogP contribution in [0.15, 0.2) is 9.63 Å². The standard InChI is InChI=1S/C2HN2OS/c5-2-1-3-4-6-2/h1H. The third kappa shape index (κ3) is 0.567. The van der Waals surface area contributed by atoms with E-state index in [0.717, 1.165) is 11.9 Å². The molecule has 0 unspecified atom stereocenters. The smallest absolute Gasteiger partial charge is 0.242 e. The summed E-state index contributed by atoms with van der Waals surface area (Å²) in [7, 11) is 0. The Hall–Kier alpha value is -0.380. The number of carbonyl (C=O) groups excluding carboxylic acids is 1. The van der Waals surface area contributed by atoms with Gasteiger partial charge in [-0.2, -0.15) is 5.11 Å². The van der Waals surface area contributed by atoms with Gasteiger partial charge in [-0.1, -0.05) is 0 Å². The molecule has 1 aliphatic rings. The predicted molar refractivity (Wildman–Crippen MR) is 21.8 cm³/mol. The lowest BCUT2D eigenvalue weighted by Crippen LogP contribution is -1.77. The number of hydrogen-bond donors (Lipinski definition) is 0. The van der Waals surface area contributed by atoms with Crippen LogP contribution >= 0.6 is 11.9 Å². The lowest BCUT2D eigenvalue weighted by molar-refractivity contribution is -0.108. The number of hydrogen-bond acceptors (Lipinski definition) is 4. The summed E-state index contributed by atoms with van der Waals surface area (Å²) in [4.78, 5) is 9.96. The van der Waals surface area contributed by atoms with E-state index in [0.29, 0.717) is 0 Å². The molecule has 0 aromatic rings. The quantitative estimate of drug-likeness (QED) is 0.423. The van der Waals surface area contributed by atoms with Gasteiger partial charge in [-0.15, -0.1) is 4.52 Å². The Morgan fingerprint density at radius 3 is 2.83 bits per heavy atom. The lowest BCUT2D eigenvalue weighted by atomic mass is 10.8. The van der Waals surface area contributed by atoms with Crippen LogP contribution in [0.4, 0.5) is 0 Å². The van der Waals surface area contributed by atoms with E-state index in [1.54, 1.807) is 0 Å². The van der Waals surface area contributed by atoms with Crippen LogP contribution < -0.4 is 0 Å². The van der Waals surface area contributed by atoms with Crippen LogP contribution in [0.25, 0.3) is 0 Å². The normalized spacial score (nSPS) is 19.7. The predicted octanol–water partition coefficient (Wildman–Crippen LogP) is 0.789. The topological polar surface area (TPSA) is 41.8 Å². The zero-order chi connectivity index (χ0) is 4.41. The summed E-state index contributed by atoms with van der Waals surface area (Å²) in [5.41, 5.74) is 0. The van der Waals surface area contributed by atoms with Crippen LogP contribution in [0.3, 0.4) is 0 Å². The Kier molecular flexibility index (Phi) is 0.874. The Morgan fingerprint density at radius 1 is 1.83 bits per heavy atom. The fourth-order valence-corrected chi connectivity index (χ4v) is 0.427. The molecule has 0 saturated carbocycles. The highest BCUT2D eigenvalue weighted by atomic mass is 32.2. The minimum absolute atomic E-state index is 0.0880. The minimum Gasteiger partial charge on any atom is -0.283 e. The Labute approximate surface area is 39.0 Å². The number of carbonyl (C=O) groups is 1. The maximum Gasteiger partial charge on any atom is 0.242 e. The van der Waals surface area contributed by atoms with Crippen LogP contribution in [-0.4, -0.2) is 5.12 Å². The minimum atomic E-state index is -0.0880. The van der Waals surface area contributed by atoms with Crippen LogP contribution in [0, 0.1) is 6.54 Å². The van der Waals surface area contributed by atoms with Gasteiger partial charge in [0, 0.05) is 0 Å². The summed E-state index contributed by atoms with van der Waals surface area (Å²) in [5.74, 6) is 0. The molecular weight excluding hydrogens is 100 g/mol. The van der Waals surface area contributed by atoms with Crippen molar-refractivity contribution >= 4 is 17.1 Å². The Morgan fingerprint density at radius 2 is 2.67 bits per heavy atom. The van der Waals surface area contributed by atoms with Gasteiger partial charge in [0.2, 0.25) is 5.12 Å². The molecule has 6 heavy (non-hydrogen) atoms. The molecule has 31 valence electrons. The van der Waals surface area contributed by atoms with Crippen LogP contribution in [0.5, 0.6) is 0 Å². The van der Waals surface area contributed by atoms with Crippen molar-refractivity contribution < 1.29 is 4.79 Å². The van der Waals surface area contributed by atoms with Gasteiger partial charge in [0.05, 0.1) is 11.9 Å². The largest absolute Gasteiger partial charge is 0.283 e. The van der Waals surface area contributed by atoms with Crippen LogP contribution in [0.1, 0.15) is 0 Å². The third-order valence-corrected chi connectivity index (χ3v) is 0.802. The molecule has 0 atom stereocenters. The van der Waals surface area contributed by atoms with Crippen LogP contribution in [0.2, 0.25) is 0 Å². The van der Waals surface area contributed by atoms with Gasteiger partial charge in [-0.05, 0) is 0 Å². The summed E-state index contributed by atoms with van der Waals surface area (Å²) in [6, 6.07) is 0. The molecule has 0 aromatic carbocycles. The first-order chi connectivity index (χ1) is 2.89. The van der Waals surface area contributed by atoms with Crippen molar-refractivity contribution in [2.75, 3.05) is 0 Å². The zero-order valence-electron chi connectivity index (χ0n) is 2.79. The van der Waals surface area contributed by atoms with Gasteiger partial charge in [0.15, 0.2) is 6.54 Å². The molecule has 1 rings (SSSR count). The fourth-order valence-electron chi connectivity index (χ4n) is 0.158. The van der Waals surface area contributed by atoms with E-state index in [-0.39, 0.29) is 5.12 Å². The van der Waals surface area contributed by atoms with Gasteiger partial charge in [-0.25, -0.2) is 0 Å². The Balaban J connectivity index is 2.52. The highest BCUT2D eigenvalue weighted by molar-refractivity contribution is 8.12. The maximum atomic E-state index is 9.96. The Bertz CT molecular complexity index is 89.7. The van der Waals surface area contributed by atoms with Gasteiger partial charge in [0.1, 0.15) is 0 Å². The lowest BCUT2D eigenvalue weighted by Gasteiger charge is -1.64. The first-order valence-corrected chi connectivity index (χ1v) is 2.11. The highest BCUT2D eigenvalue weighted by Crippen LogP contribution is 2.14. The molecule has 0 aromatic heterocycles. The molecule has 3 nitrogen and oxygen atoms in total. The number of rotatable bonds is 0. The van der Waals surface area contributed by atoms with Crippen molar-refractivity contribution in [1.82, 2.24) is 0 Å². The molecule has 0 amide bonds. The second-order valence-corrected chi connectivity index (χ2v) is 1.48. The van der Waals surface area contributed by atoms with Crippen molar-refractivity contribution in [3.8, 4) is 0 Å². The molecule has 0 aliphatic carbocycles. The van der Waals surface area contributed by atoms with E-state index in [1.165, 1.54) is 6.54 Å². The summed E-state index contributed by atoms with van der Waals surface area (Å²) in [6.07, 6.45) is 0. The highest BCUT2D eigenvalue weighted by Gasteiger charge is 2.05. The maximum absolute atomic E-state index is 9.96. The molecule has 1 heterocycles. The van der Waals surface area contributed by atoms with E-state index in [2.05, 4.69) is 9.63 Å². The first kappa shape index (κ1) is 3.80. The van der Waals surface area contributed by atoms with Gasteiger partial charge >= 0.3 is 0 Å². The molecular formula is C2HN2OS. The molecule has 4 heteroatoms. The molecule has 0 saturated heterocycles. The third-order valence-electron chi connectivity index (χ3n) is 0.341. The summed E-state index contributed by atoms with van der Waals surface area (Å²) >= 11 is 0.861. The van der Waals surface area contributed by atoms with Crippen molar-refractivity contribution in [3.63, 3.8) is 0 Å². The van der Waals surface area contributed by atoms with Gasteiger partial charge < -0.3 is 0 Å². The zero-order valence-corrected chi connectivity index (χ0v) is 3.60. The van der Waals surface area contributed by atoms with E-state index in [1.807, 2.05) is 0 Å². The molecule has 0 bridgehead atoms. The molecule has 1 aliphatic heterocycles. The van der Waals surface area contributed by atoms with E-state index >= 15 is 0 Å². The average molecular weight is 101 g/mol. The second-order valence-electron chi connectivity index (χ2n) is 0.737. The molecule has 1 radical (unpaired) electrons. The van der Waals surface area contributed by atoms with Gasteiger partial charge in [-0.3, -0.25) is 4.79 Å². The monoisotopic (exact) mass is 101 g/mol. The second kappa shape index (κ2) is 1.38. The summed E-state index contributed by atoms with van der Waals surface area (Å²) in [6.45, 7) is 1.19. The van der Waals surface area contributed by atoms with E-state index in [4.69, 9.17) is 0 Å². The summed E-state index contributed by atoms with van der Waals surface area (Å²) in [5, 5.41) is 3.19. The summed E-state index contributed by atoms with van der Waals surface area (Å²) < 4.78 is 3.30. The number of nitrogens with zero attached hydrogens (tertiary/aromatic N) is 2. The fraction of sp³-hybridized carbons (Fsp3) is 0. The molecule has 0 fully saturated rings. The van der Waals surface area contributed by atoms with Gasteiger partial charge in [0.25, 0.3) is 0 Å². The molecule has 0 N–H and O–H groups in total. The van der Waals surface area contributed by atoms with Crippen molar-refractivity contribution in [2.24, 2.45) is 9.63 Å². The van der Waals surface area contributed by atoms with Crippen molar-refractivity contribution in [3.05, 3.63) is 6.54 Å². The van der Waals surface area contributed by atoms with Crippen molar-refractivity contribution in [1.29, 1.82) is 0 Å². The van der Waals surface area contributed by atoms with E-state index in [9.17, 15) is 4.79 Å². The average Bonchev–Trinajstić information content (AvgIpc) is 1.86. The first-order valence-electron chi connectivity index (χ1n) is 1.34. The van der Waals surface area contributed by atoms with Crippen LogP contribution in [-0.2, 0) is 4.79 Å². The molecule has 0 spiro atoms.